The highest BCUT2D eigenvalue weighted by Gasteiger charge is 2.35. The molecular weight excluding hydrogens is 290 g/mol. The van der Waals surface area contributed by atoms with E-state index < -0.39 is 0 Å². The van der Waals surface area contributed by atoms with Crippen LogP contribution in [0, 0.1) is 0 Å². The fourth-order valence-corrected chi connectivity index (χ4v) is 3.88. The van der Waals surface area contributed by atoms with Crippen LogP contribution in [-0.4, -0.2) is 47.7 Å². The summed E-state index contributed by atoms with van der Waals surface area (Å²) in [5, 5.41) is 0.485. The molecule has 0 aromatic carbocycles. The van der Waals surface area contributed by atoms with Crippen LogP contribution in [-0.2, 0) is 16.1 Å². The molecule has 3 heterocycles. The molecule has 0 radical (unpaired) electrons. The zero-order valence-electron chi connectivity index (χ0n) is 12.6. The zero-order chi connectivity index (χ0) is 15.0. The predicted molar refractivity (Wildman–Crippen MR) is 80.7 cm³/mol. The van der Waals surface area contributed by atoms with Crippen LogP contribution in [0.1, 0.15) is 49.0 Å². The molecule has 0 amide bonds. The Bertz CT molecular complexity index is 535. The average Bonchev–Trinajstić information content (AvgIpc) is 2.85. The van der Waals surface area contributed by atoms with E-state index in [1.807, 2.05) is 0 Å². The third-order valence-electron chi connectivity index (χ3n) is 4.77. The van der Waals surface area contributed by atoms with Crippen LogP contribution in [0.15, 0.2) is 0 Å². The fraction of sp³-hybridized carbons (Fsp3) is 0.733. The maximum absolute atomic E-state index is 12.0. The largest absolute Gasteiger partial charge is 0.469 e. The molecule has 2 aliphatic rings. The topological polar surface area (TPSA) is 47.4 Å². The van der Waals surface area contributed by atoms with Gasteiger partial charge in [0.2, 0.25) is 0 Å². The monoisotopic (exact) mass is 311 g/mol. The summed E-state index contributed by atoms with van der Waals surface area (Å²) in [5.74, 6) is 1.05. The van der Waals surface area contributed by atoms with E-state index >= 15 is 0 Å². The van der Waals surface area contributed by atoms with Crippen molar-refractivity contribution in [3.63, 3.8) is 0 Å². The molecule has 6 heteroatoms. The third kappa shape index (κ3) is 2.69. The summed E-state index contributed by atoms with van der Waals surface area (Å²) >= 11 is 6.36. The van der Waals surface area contributed by atoms with Gasteiger partial charge in [-0.2, -0.15) is 0 Å². The van der Waals surface area contributed by atoms with E-state index in [9.17, 15) is 4.79 Å². The van der Waals surface area contributed by atoms with Gasteiger partial charge in [-0.05, 0) is 45.8 Å². The molecule has 1 atom stereocenters. The molecule has 1 unspecified atom stereocenters. The van der Waals surface area contributed by atoms with Crippen LogP contribution in [0.3, 0.4) is 0 Å². The van der Waals surface area contributed by atoms with Crippen LogP contribution >= 0.6 is 11.6 Å². The number of carbonyl (C=O) groups excluding carboxylic acids is 1. The van der Waals surface area contributed by atoms with Crippen molar-refractivity contribution >= 4 is 17.6 Å². The average molecular weight is 312 g/mol. The van der Waals surface area contributed by atoms with Crippen LogP contribution in [0.4, 0.5) is 0 Å². The zero-order valence-corrected chi connectivity index (χ0v) is 13.4. The van der Waals surface area contributed by atoms with Crippen molar-refractivity contribution in [1.29, 1.82) is 0 Å². The Balaban J connectivity index is 1.92. The molecule has 2 aliphatic heterocycles. The van der Waals surface area contributed by atoms with Gasteiger partial charge in [-0.15, -0.1) is 0 Å². The minimum absolute atomic E-state index is 0.201. The summed E-state index contributed by atoms with van der Waals surface area (Å²) in [6.07, 6.45) is 3.97. The van der Waals surface area contributed by atoms with Gasteiger partial charge in [0.25, 0.3) is 0 Å². The Labute approximate surface area is 130 Å². The van der Waals surface area contributed by atoms with Gasteiger partial charge in [0.05, 0.1) is 12.8 Å². The summed E-state index contributed by atoms with van der Waals surface area (Å²) < 4.78 is 7.11. The van der Waals surface area contributed by atoms with E-state index in [1.165, 1.54) is 7.11 Å². The van der Waals surface area contributed by atoms with Gasteiger partial charge in [-0.25, -0.2) is 4.98 Å². The molecule has 0 bridgehead atoms. The van der Waals surface area contributed by atoms with Crippen LogP contribution < -0.4 is 0 Å². The third-order valence-corrected chi connectivity index (χ3v) is 5.04. The molecule has 0 aliphatic carbocycles. The standard InChI is InChI=1S/C15H22ClN3O2/c1-18-8-5-10(6-9-18)14-17-13(16)12-11(15(20)21-2)4-3-7-19(12)14/h10-11H,3-9H2,1-2H3. The summed E-state index contributed by atoms with van der Waals surface area (Å²) in [4.78, 5) is 18.9. The molecule has 1 aromatic heterocycles. The van der Waals surface area contributed by atoms with Crippen molar-refractivity contribution in [2.24, 2.45) is 0 Å². The molecule has 0 spiro atoms. The van der Waals surface area contributed by atoms with E-state index in [-0.39, 0.29) is 11.9 Å². The highest BCUT2D eigenvalue weighted by molar-refractivity contribution is 6.30. The SMILES string of the molecule is COC(=O)C1CCCn2c(C3CCN(C)CC3)nc(Cl)c21. The van der Waals surface area contributed by atoms with Crippen LogP contribution in [0.5, 0.6) is 0 Å². The second-order valence-electron chi connectivity index (χ2n) is 6.09. The number of aromatic nitrogens is 2. The number of carbonyl (C=O) groups is 1. The van der Waals surface area contributed by atoms with Gasteiger partial charge in [0, 0.05) is 12.5 Å². The number of rotatable bonds is 2. The molecular formula is C15H22ClN3O2. The molecule has 3 rings (SSSR count). The quantitative estimate of drug-likeness (QED) is 0.787. The summed E-state index contributed by atoms with van der Waals surface area (Å²) in [7, 11) is 3.58. The minimum Gasteiger partial charge on any atom is -0.469 e. The lowest BCUT2D eigenvalue weighted by Crippen LogP contribution is -2.31. The molecule has 0 N–H and O–H groups in total. The van der Waals surface area contributed by atoms with Crippen molar-refractivity contribution in [3.8, 4) is 0 Å². The second-order valence-corrected chi connectivity index (χ2v) is 6.45. The minimum atomic E-state index is -0.260. The maximum atomic E-state index is 12.0. The molecule has 1 fully saturated rings. The van der Waals surface area contributed by atoms with Crippen molar-refractivity contribution in [2.75, 3.05) is 27.2 Å². The van der Waals surface area contributed by atoms with Crippen molar-refractivity contribution in [1.82, 2.24) is 14.5 Å². The Morgan fingerprint density at radius 2 is 2.00 bits per heavy atom. The van der Waals surface area contributed by atoms with Gasteiger partial charge >= 0.3 is 5.97 Å². The summed E-state index contributed by atoms with van der Waals surface area (Å²) in [6.45, 7) is 3.08. The summed E-state index contributed by atoms with van der Waals surface area (Å²) in [6, 6.07) is 0. The Morgan fingerprint density at radius 3 is 2.67 bits per heavy atom. The van der Waals surface area contributed by atoms with E-state index in [1.54, 1.807) is 0 Å². The molecule has 116 valence electrons. The number of hydrogen-bond acceptors (Lipinski definition) is 4. The van der Waals surface area contributed by atoms with Crippen molar-refractivity contribution < 1.29 is 9.53 Å². The lowest BCUT2D eigenvalue weighted by molar-refractivity contribution is -0.143. The lowest BCUT2D eigenvalue weighted by Gasteiger charge is -2.30. The number of methoxy groups -OCH3 is 1. The van der Waals surface area contributed by atoms with Gasteiger partial charge in [0.15, 0.2) is 5.15 Å². The number of fused-ring (bicyclic) bond motifs is 1. The number of piperidine rings is 1. The van der Waals surface area contributed by atoms with E-state index in [0.29, 0.717) is 11.1 Å². The van der Waals surface area contributed by atoms with Gasteiger partial charge in [-0.1, -0.05) is 11.6 Å². The first-order valence-electron chi connectivity index (χ1n) is 7.64. The first kappa shape index (κ1) is 14.9. The van der Waals surface area contributed by atoms with Gasteiger partial charge in [-0.3, -0.25) is 4.79 Å². The van der Waals surface area contributed by atoms with Crippen LogP contribution in [0.2, 0.25) is 5.15 Å². The normalized spacial score (nSPS) is 23.9. The fourth-order valence-electron chi connectivity index (χ4n) is 3.56. The van der Waals surface area contributed by atoms with E-state index in [4.69, 9.17) is 16.3 Å². The number of halogens is 1. The van der Waals surface area contributed by atoms with Crippen molar-refractivity contribution in [2.45, 2.75) is 44.1 Å². The Hall–Kier alpha value is -1.07. The molecule has 1 aromatic rings. The first-order chi connectivity index (χ1) is 10.1. The molecule has 21 heavy (non-hydrogen) atoms. The highest BCUT2D eigenvalue weighted by atomic mass is 35.5. The van der Waals surface area contributed by atoms with Gasteiger partial charge in [0.1, 0.15) is 11.7 Å². The number of nitrogens with zero attached hydrogens (tertiary/aromatic N) is 3. The molecule has 0 saturated carbocycles. The molecule has 1 saturated heterocycles. The Kier molecular flexibility index (Phi) is 4.22. The Morgan fingerprint density at radius 1 is 1.29 bits per heavy atom. The number of hydrogen-bond donors (Lipinski definition) is 0. The first-order valence-corrected chi connectivity index (χ1v) is 8.01. The molecule has 5 nitrogen and oxygen atoms in total. The van der Waals surface area contributed by atoms with E-state index in [2.05, 4.69) is 21.5 Å². The number of esters is 1. The lowest BCUT2D eigenvalue weighted by atomic mass is 9.94. The van der Waals surface area contributed by atoms with E-state index in [0.717, 1.165) is 56.8 Å². The number of ether oxygens (including phenoxy) is 1. The van der Waals surface area contributed by atoms with Crippen LogP contribution in [0.25, 0.3) is 0 Å². The van der Waals surface area contributed by atoms with Crippen molar-refractivity contribution in [3.05, 3.63) is 16.7 Å². The van der Waals surface area contributed by atoms with Gasteiger partial charge < -0.3 is 14.2 Å². The predicted octanol–water partition coefficient (Wildman–Crippen LogP) is 2.40. The maximum Gasteiger partial charge on any atom is 0.314 e. The highest BCUT2D eigenvalue weighted by Crippen LogP contribution is 2.38. The number of imidazole rings is 1. The second kappa shape index (κ2) is 5.97. The number of likely N-dealkylation sites (tertiary alicyclic amines) is 1. The summed E-state index contributed by atoms with van der Waals surface area (Å²) in [5.41, 5.74) is 0.865. The smallest absolute Gasteiger partial charge is 0.314 e.